The highest BCUT2D eigenvalue weighted by molar-refractivity contribution is 14.2. The molecule has 0 aliphatic carbocycles. The summed E-state index contributed by atoms with van der Waals surface area (Å²) in [5.74, 6) is 0. The highest BCUT2D eigenvalue weighted by atomic mass is 127. The Kier molecular flexibility index (Phi) is 5.74. The predicted octanol–water partition coefficient (Wildman–Crippen LogP) is 3.40. The molecule has 0 radical (unpaired) electrons. The smallest absolute Gasteiger partial charge is 0.0798 e. The number of benzene rings is 1. The third-order valence-corrected chi connectivity index (χ3v) is 3.54. The Hall–Kier alpha value is 0.780. The van der Waals surface area contributed by atoms with Crippen molar-refractivity contribution >= 4 is 44.4 Å². The van der Waals surface area contributed by atoms with Crippen molar-refractivity contribution < 1.29 is 9.63 Å². The van der Waals surface area contributed by atoms with Crippen molar-refractivity contribution in [1.29, 1.82) is 0 Å². The summed E-state index contributed by atoms with van der Waals surface area (Å²) in [6, 6.07) is 5.86. The summed E-state index contributed by atoms with van der Waals surface area (Å²) < 4.78 is 6.22. The van der Waals surface area contributed by atoms with E-state index in [4.69, 9.17) is 9.63 Å². The SMILES string of the molecule is OCc1cc(COPI)ccc1Br. The summed E-state index contributed by atoms with van der Waals surface area (Å²) in [6.45, 7) is 1.14. The molecule has 5 heteroatoms. The molecular formula is C8H9BrIO2P. The number of rotatable bonds is 4. The Balaban J connectivity index is 2.74. The van der Waals surface area contributed by atoms with Crippen LogP contribution in [0.15, 0.2) is 22.7 Å². The minimum absolute atomic E-state index is 0.0565. The van der Waals surface area contributed by atoms with Gasteiger partial charge in [-0.05, 0) is 39.2 Å². The minimum Gasteiger partial charge on any atom is -0.392 e. The standard InChI is InChI=1S/C8H9BrIO2P/c9-8-2-1-6(5-12-13-10)3-7(8)4-11/h1-3,11,13H,4-5H2. The predicted molar refractivity (Wildman–Crippen MR) is 67.2 cm³/mol. The molecule has 0 bridgehead atoms. The third-order valence-electron chi connectivity index (χ3n) is 1.57. The lowest BCUT2D eigenvalue weighted by Crippen LogP contribution is -1.90. The van der Waals surface area contributed by atoms with Gasteiger partial charge in [0, 0.05) is 4.47 Å². The molecule has 0 amide bonds. The monoisotopic (exact) mass is 374 g/mol. The first-order valence-corrected chi connectivity index (χ1v) is 8.45. The summed E-state index contributed by atoms with van der Waals surface area (Å²) in [5.41, 5.74) is 1.99. The second-order valence-electron chi connectivity index (χ2n) is 2.45. The van der Waals surface area contributed by atoms with Crippen molar-refractivity contribution in [1.82, 2.24) is 0 Å². The Morgan fingerprint density at radius 1 is 1.54 bits per heavy atom. The van der Waals surface area contributed by atoms with Crippen molar-refractivity contribution in [2.75, 3.05) is 0 Å². The molecule has 0 fully saturated rings. The van der Waals surface area contributed by atoms with E-state index in [1.165, 1.54) is 0 Å². The van der Waals surface area contributed by atoms with E-state index >= 15 is 0 Å². The van der Waals surface area contributed by atoms with Crippen LogP contribution in [0, 0.1) is 0 Å². The number of hydrogen-bond acceptors (Lipinski definition) is 2. The van der Waals surface area contributed by atoms with Crippen LogP contribution < -0.4 is 0 Å². The van der Waals surface area contributed by atoms with Gasteiger partial charge in [-0.1, -0.05) is 28.1 Å². The maximum absolute atomic E-state index is 9.00. The highest BCUT2D eigenvalue weighted by Gasteiger charge is 2.00. The van der Waals surface area contributed by atoms with E-state index < -0.39 is 0 Å². The topological polar surface area (TPSA) is 29.5 Å². The third kappa shape index (κ3) is 3.80. The zero-order valence-corrected chi connectivity index (χ0v) is 11.5. The molecule has 1 aromatic carbocycles. The fourth-order valence-corrected chi connectivity index (χ4v) is 2.01. The van der Waals surface area contributed by atoms with Gasteiger partial charge in [-0.2, -0.15) is 0 Å². The molecule has 0 aliphatic rings. The van der Waals surface area contributed by atoms with Crippen LogP contribution in [-0.4, -0.2) is 5.11 Å². The van der Waals surface area contributed by atoms with E-state index in [-0.39, 0.29) is 6.61 Å². The molecular weight excluding hydrogens is 366 g/mol. The van der Waals surface area contributed by atoms with Crippen LogP contribution in [-0.2, 0) is 17.7 Å². The second kappa shape index (κ2) is 6.30. The van der Waals surface area contributed by atoms with Crippen LogP contribution in [0.5, 0.6) is 0 Å². The normalized spacial score (nSPS) is 11.3. The Morgan fingerprint density at radius 3 is 2.92 bits per heavy atom. The van der Waals surface area contributed by atoms with Gasteiger partial charge in [0.1, 0.15) is 0 Å². The first-order valence-electron chi connectivity index (χ1n) is 3.63. The molecule has 1 aromatic rings. The van der Waals surface area contributed by atoms with Crippen LogP contribution in [0.25, 0.3) is 0 Å². The number of halogens is 2. The number of aliphatic hydroxyl groups is 1. The largest absolute Gasteiger partial charge is 0.392 e. The molecule has 2 nitrogen and oxygen atoms in total. The second-order valence-corrected chi connectivity index (χ2v) is 5.07. The minimum atomic E-state index is 0.0565. The zero-order chi connectivity index (χ0) is 9.68. The average Bonchev–Trinajstić information content (AvgIpc) is 2.16. The maximum Gasteiger partial charge on any atom is 0.0798 e. The summed E-state index contributed by atoms with van der Waals surface area (Å²) in [6.07, 6.45) is 0. The molecule has 0 heterocycles. The Bertz CT molecular complexity index is 283. The van der Waals surface area contributed by atoms with Crippen molar-refractivity contribution in [3.8, 4) is 0 Å². The molecule has 0 aliphatic heterocycles. The summed E-state index contributed by atoms with van der Waals surface area (Å²) in [4.78, 5) is 0. The van der Waals surface area contributed by atoms with Crippen molar-refractivity contribution in [2.24, 2.45) is 0 Å². The lowest BCUT2D eigenvalue weighted by molar-refractivity contribution is 0.280. The zero-order valence-electron chi connectivity index (χ0n) is 6.76. The molecule has 1 rings (SSSR count). The number of aliphatic hydroxyl groups excluding tert-OH is 1. The fraction of sp³-hybridized carbons (Fsp3) is 0.250. The van der Waals surface area contributed by atoms with Gasteiger partial charge < -0.3 is 9.63 Å². The molecule has 0 saturated heterocycles. The van der Waals surface area contributed by atoms with E-state index in [0.29, 0.717) is 13.1 Å². The average molecular weight is 375 g/mol. The van der Waals surface area contributed by atoms with Crippen LogP contribution >= 0.6 is 44.4 Å². The molecule has 0 spiro atoms. The molecule has 1 N–H and O–H groups in total. The molecule has 13 heavy (non-hydrogen) atoms. The van der Waals surface area contributed by atoms with E-state index in [2.05, 4.69) is 38.0 Å². The summed E-state index contributed by atoms with van der Waals surface area (Å²) >= 11 is 5.54. The van der Waals surface area contributed by atoms with E-state index in [1.54, 1.807) is 0 Å². The van der Waals surface area contributed by atoms with Gasteiger partial charge in [0.15, 0.2) is 0 Å². The molecule has 1 unspecified atom stereocenters. The molecule has 0 aromatic heterocycles. The van der Waals surface area contributed by atoms with Gasteiger partial charge in [-0.15, -0.1) is 0 Å². The van der Waals surface area contributed by atoms with Crippen LogP contribution in [0.4, 0.5) is 0 Å². The van der Waals surface area contributed by atoms with Gasteiger partial charge in [0.05, 0.1) is 19.7 Å². The van der Waals surface area contributed by atoms with Crippen LogP contribution in [0.1, 0.15) is 11.1 Å². The van der Waals surface area contributed by atoms with E-state index in [9.17, 15) is 0 Å². The highest BCUT2D eigenvalue weighted by Crippen LogP contribution is 2.25. The van der Waals surface area contributed by atoms with Gasteiger partial charge in [0.25, 0.3) is 0 Å². The molecule has 1 atom stereocenters. The van der Waals surface area contributed by atoms with Gasteiger partial charge in [-0.3, -0.25) is 0 Å². The first kappa shape index (κ1) is 11.9. The van der Waals surface area contributed by atoms with Crippen molar-refractivity contribution in [3.63, 3.8) is 0 Å². The lowest BCUT2D eigenvalue weighted by atomic mass is 10.1. The van der Waals surface area contributed by atoms with E-state index in [0.717, 1.165) is 15.6 Å². The van der Waals surface area contributed by atoms with Crippen molar-refractivity contribution in [3.05, 3.63) is 33.8 Å². The lowest BCUT2D eigenvalue weighted by Gasteiger charge is -2.04. The maximum atomic E-state index is 9.00. The fourth-order valence-electron chi connectivity index (χ4n) is 0.950. The molecule has 72 valence electrons. The van der Waals surface area contributed by atoms with Gasteiger partial charge in [0.2, 0.25) is 0 Å². The first-order chi connectivity index (χ1) is 6.27. The Morgan fingerprint density at radius 2 is 2.31 bits per heavy atom. The quantitative estimate of drug-likeness (QED) is 0.646. The summed E-state index contributed by atoms with van der Waals surface area (Å²) in [5, 5.41) is 9.00. The van der Waals surface area contributed by atoms with E-state index in [1.807, 2.05) is 18.2 Å². The summed E-state index contributed by atoms with van der Waals surface area (Å²) in [7, 11) is 0. The Labute approximate surface area is 101 Å². The molecule has 0 saturated carbocycles. The van der Waals surface area contributed by atoms with Crippen LogP contribution in [0.3, 0.4) is 0 Å². The number of hydrogen-bond donors (Lipinski definition) is 1. The van der Waals surface area contributed by atoms with Gasteiger partial charge in [-0.25, -0.2) is 0 Å². The van der Waals surface area contributed by atoms with Crippen molar-refractivity contribution in [2.45, 2.75) is 13.2 Å². The van der Waals surface area contributed by atoms with Crippen LogP contribution in [0.2, 0.25) is 0 Å². The van der Waals surface area contributed by atoms with Gasteiger partial charge >= 0.3 is 0 Å².